The van der Waals surface area contributed by atoms with Crippen molar-refractivity contribution in [2.45, 2.75) is 116 Å². The van der Waals surface area contributed by atoms with E-state index in [2.05, 4.69) is 29.0 Å². The van der Waals surface area contributed by atoms with Crippen LogP contribution in [0, 0.1) is 25.2 Å². The third-order valence-corrected chi connectivity index (χ3v) is 8.61. The molecule has 2 N–H and O–H groups in total. The normalized spacial score (nSPS) is 18.5. The van der Waals surface area contributed by atoms with Crippen LogP contribution in [0.1, 0.15) is 96.7 Å². The first-order chi connectivity index (χ1) is 20.9. The molecule has 0 radical (unpaired) electrons. The molecule has 2 saturated heterocycles. The van der Waals surface area contributed by atoms with Crippen molar-refractivity contribution in [1.29, 1.82) is 5.26 Å². The molecule has 4 heterocycles. The average molecular weight is 621 g/mol. The molecule has 0 spiro atoms. The van der Waals surface area contributed by atoms with Crippen LogP contribution >= 0.6 is 0 Å². The molecule has 0 bridgehead atoms. The molecule has 10 heteroatoms. The molecule has 2 aromatic rings. The summed E-state index contributed by atoms with van der Waals surface area (Å²) in [7, 11) is 0. The second kappa shape index (κ2) is 14.2. The molecule has 0 aromatic carbocycles. The highest BCUT2D eigenvalue weighted by atomic mass is 16.6. The second-order valence-electron chi connectivity index (χ2n) is 14.4. The molecule has 2 aromatic heterocycles. The predicted molar refractivity (Wildman–Crippen MR) is 175 cm³/mol. The Kier molecular flexibility index (Phi) is 11.2. The predicted octanol–water partition coefficient (Wildman–Crippen LogP) is 6.19. The van der Waals surface area contributed by atoms with Gasteiger partial charge in [0.15, 0.2) is 0 Å². The van der Waals surface area contributed by atoms with Gasteiger partial charge in [0.25, 0.3) is 0 Å². The number of piperidine rings is 2. The fourth-order valence-corrected chi connectivity index (χ4v) is 6.12. The summed E-state index contributed by atoms with van der Waals surface area (Å²) in [5.41, 5.74) is 8.69. The van der Waals surface area contributed by atoms with Gasteiger partial charge in [0.1, 0.15) is 16.6 Å². The molecule has 2 amide bonds. The zero-order chi connectivity index (χ0) is 33.6. The maximum atomic E-state index is 12.3. The van der Waals surface area contributed by atoms with Gasteiger partial charge in [-0.2, -0.15) is 5.26 Å². The summed E-state index contributed by atoms with van der Waals surface area (Å²) in [4.78, 5) is 36.9. The Morgan fingerprint density at radius 1 is 0.822 bits per heavy atom. The Balaban J connectivity index is 0.000000246. The summed E-state index contributed by atoms with van der Waals surface area (Å²) in [5.74, 6) is 0. The van der Waals surface area contributed by atoms with Crippen LogP contribution in [0.15, 0.2) is 36.7 Å². The zero-order valence-corrected chi connectivity index (χ0v) is 28.6. The Morgan fingerprint density at radius 3 is 1.58 bits per heavy atom. The summed E-state index contributed by atoms with van der Waals surface area (Å²) < 4.78 is 10.9. The lowest BCUT2D eigenvalue weighted by molar-refractivity contribution is 0.0146. The number of rotatable bonds is 3. The lowest BCUT2D eigenvalue weighted by Crippen LogP contribution is -2.53. The fraction of sp³-hybridized carbons (Fsp3) is 0.629. The van der Waals surface area contributed by atoms with Gasteiger partial charge in [0.2, 0.25) is 0 Å². The molecular weight excluding hydrogens is 568 g/mol. The minimum absolute atomic E-state index is 0.0168. The minimum atomic E-state index is -0.607. The Morgan fingerprint density at radius 2 is 1.22 bits per heavy atom. The van der Waals surface area contributed by atoms with E-state index in [1.165, 1.54) is 0 Å². The van der Waals surface area contributed by atoms with Crippen LogP contribution in [0.2, 0.25) is 0 Å². The largest absolute Gasteiger partial charge is 0.444 e. The number of hydrogen-bond donors (Lipinski definition) is 1. The molecule has 2 aliphatic heterocycles. The van der Waals surface area contributed by atoms with Crippen LogP contribution < -0.4 is 5.73 Å². The third-order valence-electron chi connectivity index (χ3n) is 8.61. The third kappa shape index (κ3) is 8.94. The number of nitrogens with two attached hydrogens (primary N) is 1. The quantitative estimate of drug-likeness (QED) is 0.429. The van der Waals surface area contributed by atoms with Crippen LogP contribution in [-0.4, -0.2) is 75.4 Å². The lowest BCUT2D eigenvalue weighted by Gasteiger charge is -2.44. The highest BCUT2D eigenvalue weighted by Gasteiger charge is 2.43. The van der Waals surface area contributed by atoms with Crippen molar-refractivity contribution in [3.8, 4) is 6.07 Å². The van der Waals surface area contributed by atoms with Crippen LogP contribution in [0.5, 0.6) is 0 Å². The molecule has 45 heavy (non-hydrogen) atoms. The van der Waals surface area contributed by atoms with Gasteiger partial charge in [-0.25, -0.2) is 9.59 Å². The van der Waals surface area contributed by atoms with Crippen molar-refractivity contribution in [3.63, 3.8) is 0 Å². The van der Waals surface area contributed by atoms with E-state index in [4.69, 9.17) is 15.2 Å². The number of carbonyl (C=O) groups excluding carboxylic acids is 2. The first kappa shape index (κ1) is 35.8. The molecular formula is C35H52N6O4. The number of amides is 2. The first-order valence-electron chi connectivity index (χ1n) is 15.9. The van der Waals surface area contributed by atoms with Crippen molar-refractivity contribution >= 4 is 12.2 Å². The van der Waals surface area contributed by atoms with Gasteiger partial charge >= 0.3 is 12.2 Å². The van der Waals surface area contributed by atoms with Crippen molar-refractivity contribution in [2.24, 2.45) is 5.73 Å². The van der Waals surface area contributed by atoms with E-state index in [-0.39, 0.29) is 23.6 Å². The van der Waals surface area contributed by atoms with Gasteiger partial charge in [-0.05, 0) is 111 Å². The van der Waals surface area contributed by atoms with Gasteiger partial charge in [-0.3, -0.25) is 9.97 Å². The summed E-state index contributed by atoms with van der Waals surface area (Å²) in [6.07, 6.45) is 5.78. The van der Waals surface area contributed by atoms with E-state index in [0.29, 0.717) is 39.0 Å². The van der Waals surface area contributed by atoms with E-state index in [1.54, 1.807) is 16.0 Å². The first-order valence-corrected chi connectivity index (χ1v) is 15.9. The van der Waals surface area contributed by atoms with Gasteiger partial charge in [-0.1, -0.05) is 12.1 Å². The summed E-state index contributed by atoms with van der Waals surface area (Å²) >= 11 is 0. The molecule has 0 saturated carbocycles. The van der Waals surface area contributed by atoms with Gasteiger partial charge in [-0.15, -0.1) is 0 Å². The fourth-order valence-electron chi connectivity index (χ4n) is 6.12. The second-order valence-corrected chi connectivity index (χ2v) is 14.4. The zero-order valence-electron chi connectivity index (χ0n) is 28.6. The average Bonchev–Trinajstić information content (AvgIpc) is 2.96. The molecule has 0 aliphatic carbocycles. The molecule has 4 rings (SSSR count). The number of ether oxygens (including phenoxy) is 2. The van der Waals surface area contributed by atoms with Crippen molar-refractivity contribution in [1.82, 2.24) is 19.8 Å². The number of likely N-dealkylation sites (tertiary alicyclic amines) is 2. The standard InChI is InChI=1S/C18H29N3O2.C17H23N3O2/c1-13-7-6-10-20-15(13)18(14(2)19)8-11-21(12-9-18)16(22)23-17(3,4)5;1-13-6-5-9-19-14(13)17(12-18)7-10-20(11-8-17)15(21)22-16(2,3)4/h6-7,10,14H,8-9,11-12,19H2,1-5H3;5-6,9H,7-8,10-11H2,1-4H3. The van der Waals surface area contributed by atoms with Gasteiger partial charge in [0.05, 0.1) is 17.5 Å². The van der Waals surface area contributed by atoms with E-state index in [0.717, 1.165) is 35.4 Å². The van der Waals surface area contributed by atoms with E-state index >= 15 is 0 Å². The Labute approximate surface area is 269 Å². The van der Waals surface area contributed by atoms with E-state index in [9.17, 15) is 14.9 Å². The topological polar surface area (TPSA) is 135 Å². The molecule has 2 aliphatic rings. The molecule has 10 nitrogen and oxygen atoms in total. The Bertz CT molecular complexity index is 1360. The monoisotopic (exact) mass is 620 g/mol. The smallest absolute Gasteiger partial charge is 0.410 e. The molecule has 2 fully saturated rings. The van der Waals surface area contributed by atoms with Crippen molar-refractivity contribution < 1.29 is 19.1 Å². The van der Waals surface area contributed by atoms with E-state index < -0.39 is 16.6 Å². The van der Waals surface area contributed by atoms with Gasteiger partial charge < -0.3 is 25.0 Å². The van der Waals surface area contributed by atoms with Crippen molar-refractivity contribution in [2.75, 3.05) is 26.2 Å². The van der Waals surface area contributed by atoms with Gasteiger partial charge in [0, 0.05) is 50.0 Å². The lowest BCUT2D eigenvalue weighted by atomic mass is 9.69. The maximum Gasteiger partial charge on any atom is 0.410 e. The number of hydrogen-bond acceptors (Lipinski definition) is 8. The van der Waals surface area contributed by atoms with Crippen LogP contribution in [0.3, 0.4) is 0 Å². The minimum Gasteiger partial charge on any atom is -0.444 e. The molecule has 1 unspecified atom stereocenters. The highest BCUT2D eigenvalue weighted by molar-refractivity contribution is 5.69. The number of pyridine rings is 2. The summed E-state index contributed by atoms with van der Waals surface area (Å²) in [6.45, 7) is 19.6. The highest BCUT2D eigenvalue weighted by Crippen LogP contribution is 2.39. The number of carbonyl (C=O) groups is 2. The number of aryl methyl sites for hydroxylation is 2. The SMILES string of the molecule is Cc1cccnc1C1(C#N)CCN(C(=O)OC(C)(C)C)CC1.Cc1cccnc1C1(C(C)N)CCN(C(=O)OC(C)(C)C)CC1. The van der Waals surface area contributed by atoms with Crippen LogP contribution in [-0.2, 0) is 20.3 Å². The Hall–Kier alpha value is -3.71. The summed E-state index contributed by atoms with van der Waals surface area (Å²) in [5, 5.41) is 9.71. The molecule has 1 atom stereocenters. The molecule has 246 valence electrons. The van der Waals surface area contributed by atoms with Crippen LogP contribution in [0.25, 0.3) is 0 Å². The van der Waals surface area contributed by atoms with E-state index in [1.807, 2.05) is 79.8 Å². The number of nitriles is 1. The van der Waals surface area contributed by atoms with Crippen LogP contribution in [0.4, 0.5) is 9.59 Å². The van der Waals surface area contributed by atoms with Crippen molar-refractivity contribution in [3.05, 3.63) is 59.2 Å². The number of aromatic nitrogens is 2. The summed E-state index contributed by atoms with van der Waals surface area (Å²) in [6, 6.07) is 10.3. The maximum absolute atomic E-state index is 12.3. The number of nitrogens with zero attached hydrogens (tertiary/aromatic N) is 5.